The van der Waals surface area contributed by atoms with E-state index in [0.717, 1.165) is 22.4 Å². The Labute approximate surface area is 133 Å². The number of carbonyl (C=O) groups is 1. The highest BCUT2D eigenvalue weighted by atomic mass is 79.9. The van der Waals surface area contributed by atoms with Gasteiger partial charge in [-0.15, -0.1) is 0 Å². The summed E-state index contributed by atoms with van der Waals surface area (Å²) in [7, 11) is 1.80. The molecular weight excluding hydrogens is 330 g/mol. The zero-order valence-corrected chi connectivity index (χ0v) is 13.7. The zero-order chi connectivity index (χ0) is 15.2. The molecule has 0 spiro atoms. The Balaban J connectivity index is 2.10. The Kier molecular flexibility index (Phi) is 5.33. The summed E-state index contributed by atoms with van der Waals surface area (Å²) in [6, 6.07) is 11.5. The van der Waals surface area contributed by atoms with Gasteiger partial charge in [-0.3, -0.25) is 4.79 Å². The van der Waals surface area contributed by atoms with Gasteiger partial charge in [0.25, 0.3) is 5.91 Å². The predicted octanol–water partition coefficient (Wildman–Crippen LogP) is 3.55. The molecule has 0 aliphatic heterocycles. The summed E-state index contributed by atoms with van der Waals surface area (Å²) in [4.78, 5) is 18.3. The Morgan fingerprint density at radius 1 is 1.33 bits per heavy atom. The third-order valence-corrected chi connectivity index (χ3v) is 3.51. The van der Waals surface area contributed by atoms with Crippen molar-refractivity contribution >= 4 is 27.7 Å². The van der Waals surface area contributed by atoms with Gasteiger partial charge in [-0.05, 0) is 36.8 Å². The first-order valence-corrected chi connectivity index (χ1v) is 7.59. The number of anilines is 1. The average molecular weight is 348 g/mol. The van der Waals surface area contributed by atoms with Crippen molar-refractivity contribution in [3.8, 4) is 0 Å². The molecule has 2 aromatic rings. The highest BCUT2D eigenvalue weighted by Crippen LogP contribution is 2.15. The fourth-order valence-corrected chi connectivity index (χ4v) is 2.49. The number of pyridine rings is 1. The second-order valence-corrected chi connectivity index (χ2v) is 5.67. The standard InChI is InChI=1S/C16H18BrN3O/c1-3-18-15-10-13(7-8-19-15)16(21)20(2)11-12-5-4-6-14(17)9-12/h4-10H,3,11H2,1-2H3,(H,18,19). The van der Waals surface area contributed by atoms with Crippen molar-refractivity contribution in [1.29, 1.82) is 0 Å². The molecule has 1 heterocycles. The van der Waals surface area contributed by atoms with E-state index in [1.807, 2.05) is 31.2 Å². The van der Waals surface area contributed by atoms with E-state index in [4.69, 9.17) is 0 Å². The molecule has 0 saturated heterocycles. The number of hydrogen-bond acceptors (Lipinski definition) is 3. The van der Waals surface area contributed by atoms with E-state index in [1.165, 1.54) is 0 Å². The van der Waals surface area contributed by atoms with Crippen LogP contribution in [0.4, 0.5) is 5.82 Å². The van der Waals surface area contributed by atoms with Crippen LogP contribution >= 0.6 is 15.9 Å². The minimum absolute atomic E-state index is 0.0171. The molecule has 0 atom stereocenters. The van der Waals surface area contributed by atoms with Crippen LogP contribution < -0.4 is 5.32 Å². The number of nitrogens with zero attached hydrogens (tertiary/aromatic N) is 2. The van der Waals surface area contributed by atoms with Gasteiger partial charge in [0.1, 0.15) is 5.82 Å². The highest BCUT2D eigenvalue weighted by Gasteiger charge is 2.13. The number of halogens is 1. The number of carbonyl (C=O) groups excluding carboxylic acids is 1. The average Bonchev–Trinajstić information content (AvgIpc) is 2.47. The molecule has 0 aliphatic rings. The van der Waals surface area contributed by atoms with Crippen LogP contribution in [0.3, 0.4) is 0 Å². The molecule has 110 valence electrons. The van der Waals surface area contributed by atoms with Crippen molar-refractivity contribution < 1.29 is 4.79 Å². The number of aromatic nitrogens is 1. The van der Waals surface area contributed by atoms with Crippen molar-refractivity contribution in [3.63, 3.8) is 0 Å². The summed E-state index contributed by atoms with van der Waals surface area (Å²) in [6.07, 6.45) is 1.65. The molecule has 0 saturated carbocycles. The Bertz CT molecular complexity index is 630. The number of nitrogens with one attached hydrogen (secondary N) is 1. The fraction of sp³-hybridized carbons (Fsp3) is 0.250. The second-order valence-electron chi connectivity index (χ2n) is 4.75. The molecule has 0 bridgehead atoms. The highest BCUT2D eigenvalue weighted by molar-refractivity contribution is 9.10. The second kappa shape index (κ2) is 7.22. The van der Waals surface area contributed by atoms with Gasteiger partial charge in [-0.1, -0.05) is 28.1 Å². The number of hydrogen-bond donors (Lipinski definition) is 1. The van der Waals surface area contributed by atoms with E-state index in [1.54, 1.807) is 30.3 Å². The summed E-state index contributed by atoms with van der Waals surface area (Å²) in [5.41, 5.74) is 1.72. The van der Waals surface area contributed by atoms with Gasteiger partial charge in [-0.25, -0.2) is 4.98 Å². The van der Waals surface area contributed by atoms with Crippen LogP contribution in [0.2, 0.25) is 0 Å². The lowest BCUT2D eigenvalue weighted by molar-refractivity contribution is 0.0785. The van der Waals surface area contributed by atoms with Crippen LogP contribution in [0.1, 0.15) is 22.8 Å². The van der Waals surface area contributed by atoms with Crippen LogP contribution in [0.15, 0.2) is 47.1 Å². The maximum Gasteiger partial charge on any atom is 0.254 e. The lowest BCUT2D eigenvalue weighted by atomic mass is 10.2. The molecule has 1 N–H and O–H groups in total. The smallest absolute Gasteiger partial charge is 0.254 e. The van der Waals surface area contributed by atoms with Crippen molar-refractivity contribution in [3.05, 3.63) is 58.2 Å². The maximum absolute atomic E-state index is 12.4. The lowest BCUT2D eigenvalue weighted by Gasteiger charge is -2.18. The third-order valence-electron chi connectivity index (χ3n) is 3.02. The van der Waals surface area contributed by atoms with E-state index in [9.17, 15) is 4.79 Å². The molecular formula is C16H18BrN3O. The molecule has 5 heteroatoms. The Hall–Kier alpha value is -1.88. The molecule has 4 nitrogen and oxygen atoms in total. The largest absolute Gasteiger partial charge is 0.370 e. The summed E-state index contributed by atoms with van der Waals surface area (Å²) >= 11 is 3.44. The van der Waals surface area contributed by atoms with Gasteiger partial charge in [-0.2, -0.15) is 0 Å². The van der Waals surface area contributed by atoms with Gasteiger partial charge < -0.3 is 10.2 Å². The SMILES string of the molecule is CCNc1cc(C(=O)N(C)Cc2cccc(Br)c2)ccn1. The van der Waals surface area contributed by atoms with Crippen molar-refractivity contribution in [2.45, 2.75) is 13.5 Å². The fourth-order valence-electron chi connectivity index (χ4n) is 2.04. The molecule has 1 aromatic carbocycles. The molecule has 0 radical (unpaired) electrons. The number of rotatable bonds is 5. The van der Waals surface area contributed by atoms with E-state index in [0.29, 0.717) is 12.1 Å². The van der Waals surface area contributed by atoms with Crippen LogP contribution in [0.5, 0.6) is 0 Å². The van der Waals surface area contributed by atoms with Crippen molar-refractivity contribution in [2.24, 2.45) is 0 Å². The Morgan fingerprint density at radius 3 is 2.86 bits per heavy atom. The van der Waals surface area contributed by atoms with E-state index in [2.05, 4.69) is 26.2 Å². The van der Waals surface area contributed by atoms with E-state index < -0.39 is 0 Å². The van der Waals surface area contributed by atoms with Crippen molar-refractivity contribution in [1.82, 2.24) is 9.88 Å². The normalized spacial score (nSPS) is 10.2. The maximum atomic E-state index is 12.4. The van der Waals surface area contributed by atoms with Crippen LogP contribution in [0.25, 0.3) is 0 Å². The lowest BCUT2D eigenvalue weighted by Crippen LogP contribution is -2.26. The summed E-state index contributed by atoms with van der Waals surface area (Å²) < 4.78 is 1.01. The first-order valence-electron chi connectivity index (χ1n) is 6.80. The molecule has 2 rings (SSSR count). The van der Waals surface area contributed by atoms with Gasteiger partial charge in [0.2, 0.25) is 0 Å². The minimum Gasteiger partial charge on any atom is -0.370 e. The first kappa shape index (κ1) is 15.5. The molecule has 0 unspecified atom stereocenters. The summed E-state index contributed by atoms with van der Waals surface area (Å²) in [5, 5.41) is 3.11. The summed E-state index contributed by atoms with van der Waals surface area (Å²) in [5.74, 6) is 0.704. The Morgan fingerprint density at radius 2 is 2.14 bits per heavy atom. The van der Waals surface area contributed by atoms with E-state index in [-0.39, 0.29) is 5.91 Å². The van der Waals surface area contributed by atoms with Gasteiger partial charge in [0, 0.05) is 36.4 Å². The summed E-state index contributed by atoms with van der Waals surface area (Å²) in [6.45, 7) is 3.34. The van der Waals surface area contributed by atoms with Crippen LogP contribution in [-0.2, 0) is 6.54 Å². The van der Waals surface area contributed by atoms with Gasteiger partial charge in [0.05, 0.1) is 0 Å². The quantitative estimate of drug-likeness (QED) is 0.899. The van der Waals surface area contributed by atoms with Gasteiger partial charge in [0.15, 0.2) is 0 Å². The topological polar surface area (TPSA) is 45.2 Å². The van der Waals surface area contributed by atoms with E-state index >= 15 is 0 Å². The molecule has 0 aliphatic carbocycles. The van der Waals surface area contributed by atoms with Gasteiger partial charge >= 0.3 is 0 Å². The predicted molar refractivity (Wildman–Crippen MR) is 88.3 cm³/mol. The third kappa shape index (κ3) is 4.29. The number of amides is 1. The molecule has 0 fully saturated rings. The molecule has 21 heavy (non-hydrogen) atoms. The van der Waals surface area contributed by atoms with Crippen molar-refractivity contribution in [2.75, 3.05) is 18.9 Å². The number of benzene rings is 1. The zero-order valence-electron chi connectivity index (χ0n) is 12.1. The minimum atomic E-state index is -0.0171. The first-order chi connectivity index (χ1) is 10.1. The molecule has 1 amide bonds. The molecule has 1 aromatic heterocycles. The monoisotopic (exact) mass is 347 g/mol. The van der Waals surface area contributed by atoms with Crippen LogP contribution in [-0.4, -0.2) is 29.4 Å². The van der Waals surface area contributed by atoms with Crippen LogP contribution in [0, 0.1) is 0 Å².